The van der Waals surface area contributed by atoms with Crippen molar-refractivity contribution in [3.8, 4) is 0 Å². The van der Waals surface area contributed by atoms with Gasteiger partial charge in [0.25, 0.3) is 0 Å². The van der Waals surface area contributed by atoms with Gasteiger partial charge in [-0.05, 0) is 32.0 Å². The fourth-order valence-electron chi connectivity index (χ4n) is 2.36. The number of ether oxygens (including phenoxy) is 1. The van der Waals surface area contributed by atoms with Crippen LogP contribution in [0, 0.1) is 0 Å². The molecule has 9 heteroatoms. The smallest absolute Gasteiger partial charge is 0.373 e. The lowest BCUT2D eigenvalue weighted by Crippen LogP contribution is -2.48. The summed E-state index contributed by atoms with van der Waals surface area (Å²) in [5.74, 6) is 0. The van der Waals surface area contributed by atoms with E-state index in [2.05, 4.69) is 0 Å². The minimum atomic E-state index is -4.71. The Balaban J connectivity index is 2.42. The van der Waals surface area contributed by atoms with Gasteiger partial charge in [-0.15, -0.1) is 0 Å². The van der Waals surface area contributed by atoms with Crippen molar-refractivity contribution in [2.24, 2.45) is 0 Å². The Morgan fingerprint density at radius 2 is 1.77 bits per heavy atom. The van der Waals surface area contributed by atoms with Gasteiger partial charge >= 0.3 is 6.18 Å². The Bertz CT molecular complexity index is 653. The van der Waals surface area contributed by atoms with Crippen molar-refractivity contribution >= 4 is 21.6 Å². The maximum atomic E-state index is 12.9. The first-order chi connectivity index (χ1) is 10.0. The van der Waals surface area contributed by atoms with Gasteiger partial charge in [0.2, 0.25) is 10.0 Å². The monoisotopic (exact) mass is 357 g/mol. The van der Waals surface area contributed by atoms with Crippen molar-refractivity contribution in [2.45, 2.75) is 37.1 Å². The van der Waals surface area contributed by atoms with Crippen LogP contribution >= 0.6 is 11.6 Å². The third-order valence-electron chi connectivity index (χ3n) is 3.27. The number of morpholine rings is 1. The summed E-state index contributed by atoms with van der Waals surface area (Å²) in [4.78, 5) is -0.425. The Kier molecular flexibility index (Phi) is 4.77. The highest BCUT2D eigenvalue weighted by Gasteiger charge is 2.37. The van der Waals surface area contributed by atoms with Crippen LogP contribution in [0.4, 0.5) is 13.2 Å². The summed E-state index contributed by atoms with van der Waals surface area (Å²) in [7, 11) is -4.03. The summed E-state index contributed by atoms with van der Waals surface area (Å²) >= 11 is 5.51. The van der Waals surface area contributed by atoms with Crippen LogP contribution in [0.3, 0.4) is 0 Å². The Labute approximate surface area is 131 Å². The molecule has 0 saturated carbocycles. The van der Waals surface area contributed by atoms with Crippen LogP contribution in [0.1, 0.15) is 19.4 Å². The van der Waals surface area contributed by atoms with Gasteiger partial charge in [-0.25, -0.2) is 8.42 Å². The number of halogens is 4. The van der Waals surface area contributed by atoms with Crippen molar-refractivity contribution in [3.63, 3.8) is 0 Å². The third kappa shape index (κ3) is 3.56. The molecular formula is C13H15ClF3NO3S. The summed E-state index contributed by atoms with van der Waals surface area (Å²) in [5.41, 5.74) is -1.16. The molecule has 0 aromatic heterocycles. The molecule has 1 aromatic carbocycles. The zero-order valence-corrected chi connectivity index (χ0v) is 13.5. The summed E-state index contributed by atoms with van der Waals surface area (Å²) in [6.45, 7) is 3.61. The molecule has 2 rings (SSSR count). The maximum absolute atomic E-state index is 12.9. The van der Waals surface area contributed by atoms with Gasteiger partial charge in [-0.1, -0.05) is 11.6 Å². The summed E-state index contributed by atoms with van der Waals surface area (Å²) in [6.07, 6.45) is -5.37. The predicted octanol–water partition coefficient (Wildman–Crippen LogP) is 3.16. The Morgan fingerprint density at radius 3 is 2.27 bits per heavy atom. The molecule has 4 nitrogen and oxygen atoms in total. The van der Waals surface area contributed by atoms with E-state index in [9.17, 15) is 21.6 Å². The van der Waals surface area contributed by atoms with E-state index in [4.69, 9.17) is 16.3 Å². The first-order valence-corrected chi connectivity index (χ1v) is 8.36. The van der Waals surface area contributed by atoms with Crippen LogP contribution in [-0.4, -0.2) is 38.0 Å². The molecule has 0 N–H and O–H groups in total. The van der Waals surface area contributed by atoms with Gasteiger partial charge < -0.3 is 4.74 Å². The van der Waals surface area contributed by atoms with Crippen molar-refractivity contribution < 1.29 is 26.3 Å². The van der Waals surface area contributed by atoms with Gasteiger partial charge in [0.15, 0.2) is 0 Å². The molecule has 1 aliphatic heterocycles. The quantitative estimate of drug-likeness (QED) is 0.816. The van der Waals surface area contributed by atoms with E-state index in [1.165, 1.54) is 0 Å². The van der Waals surface area contributed by atoms with Crippen LogP contribution in [-0.2, 0) is 20.9 Å². The summed E-state index contributed by atoms with van der Waals surface area (Å²) in [6, 6.07) is 2.60. The van der Waals surface area contributed by atoms with E-state index in [1.807, 2.05) is 0 Å². The van der Waals surface area contributed by atoms with Gasteiger partial charge in [0, 0.05) is 13.1 Å². The molecular weight excluding hydrogens is 343 g/mol. The first kappa shape index (κ1) is 17.5. The van der Waals surface area contributed by atoms with E-state index in [-0.39, 0.29) is 25.3 Å². The van der Waals surface area contributed by atoms with Gasteiger partial charge in [-0.3, -0.25) is 0 Å². The van der Waals surface area contributed by atoms with E-state index >= 15 is 0 Å². The normalized spacial score (nSPS) is 24.5. The molecule has 0 spiro atoms. The second kappa shape index (κ2) is 5.99. The number of sulfonamides is 1. The maximum Gasteiger partial charge on any atom is 0.417 e. The van der Waals surface area contributed by atoms with Gasteiger partial charge in [0.05, 0.1) is 27.7 Å². The number of rotatable bonds is 2. The fraction of sp³-hybridized carbons (Fsp3) is 0.538. The number of hydrogen-bond donors (Lipinski definition) is 0. The topological polar surface area (TPSA) is 46.6 Å². The third-order valence-corrected chi connectivity index (χ3v) is 5.42. The number of alkyl halides is 3. The first-order valence-electron chi connectivity index (χ1n) is 6.54. The lowest BCUT2D eigenvalue weighted by molar-refractivity contribution is -0.137. The molecule has 0 aliphatic carbocycles. The van der Waals surface area contributed by atoms with Crippen molar-refractivity contribution in [3.05, 3.63) is 28.8 Å². The molecule has 1 fully saturated rings. The highest BCUT2D eigenvalue weighted by molar-refractivity contribution is 7.89. The van der Waals surface area contributed by atoms with Crippen LogP contribution in [0.2, 0.25) is 5.02 Å². The highest BCUT2D eigenvalue weighted by Crippen LogP contribution is 2.36. The summed E-state index contributed by atoms with van der Waals surface area (Å²) in [5, 5.41) is -0.532. The molecule has 0 radical (unpaired) electrons. The molecule has 124 valence electrons. The van der Waals surface area contributed by atoms with Crippen LogP contribution in [0.25, 0.3) is 0 Å². The van der Waals surface area contributed by atoms with E-state index in [1.54, 1.807) is 13.8 Å². The molecule has 1 aromatic rings. The SMILES string of the molecule is C[C@H]1CN(S(=O)(=O)c2ccc(Cl)c(C(F)(F)F)c2)C[C@H](C)O1. The molecule has 0 bridgehead atoms. The second-order valence-corrected chi connectivity index (χ2v) is 7.56. The van der Waals surface area contributed by atoms with E-state index in [0.717, 1.165) is 16.4 Å². The lowest BCUT2D eigenvalue weighted by Gasteiger charge is -2.34. The molecule has 1 saturated heterocycles. The minimum Gasteiger partial charge on any atom is -0.373 e. The fourth-order valence-corrected chi connectivity index (χ4v) is 4.20. The summed E-state index contributed by atoms with van der Waals surface area (Å²) < 4.78 is 70.2. The van der Waals surface area contributed by atoms with Gasteiger partial charge in [0.1, 0.15) is 0 Å². The van der Waals surface area contributed by atoms with Crippen molar-refractivity contribution in [2.75, 3.05) is 13.1 Å². The number of nitrogens with zero attached hydrogens (tertiary/aromatic N) is 1. The largest absolute Gasteiger partial charge is 0.417 e. The Hall–Kier alpha value is -0.830. The van der Waals surface area contributed by atoms with Crippen molar-refractivity contribution in [1.82, 2.24) is 4.31 Å². The molecule has 1 heterocycles. The van der Waals surface area contributed by atoms with E-state index < -0.39 is 31.7 Å². The number of benzene rings is 1. The number of hydrogen-bond acceptors (Lipinski definition) is 3. The second-order valence-electron chi connectivity index (χ2n) is 5.22. The molecule has 0 unspecified atom stereocenters. The molecule has 1 aliphatic rings. The predicted molar refractivity (Wildman–Crippen MR) is 75.2 cm³/mol. The molecule has 2 atom stereocenters. The average molecular weight is 358 g/mol. The van der Waals surface area contributed by atoms with Gasteiger partial charge in [-0.2, -0.15) is 17.5 Å². The zero-order chi connectivity index (χ0) is 16.7. The Morgan fingerprint density at radius 1 is 1.23 bits per heavy atom. The lowest BCUT2D eigenvalue weighted by atomic mass is 10.2. The molecule has 0 amide bonds. The average Bonchev–Trinajstić information content (AvgIpc) is 2.36. The van der Waals surface area contributed by atoms with Crippen molar-refractivity contribution in [1.29, 1.82) is 0 Å². The minimum absolute atomic E-state index is 0.0939. The van der Waals surface area contributed by atoms with E-state index in [0.29, 0.717) is 6.07 Å². The zero-order valence-electron chi connectivity index (χ0n) is 11.9. The standard InChI is InChI=1S/C13H15ClF3NO3S/c1-8-6-18(7-9(2)21-8)22(19,20)10-3-4-12(14)11(5-10)13(15,16)17/h3-5,8-9H,6-7H2,1-2H3/t8-,9-/m0/s1. The highest BCUT2D eigenvalue weighted by atomic mass is 35.5. The van der Waals surface area contributed by atoms with Crippen LogP contribution in [0.5, 0.6) is 0 Å². The molecule has 22 heavy (non-hydrogen) atoms. The van der Waals surface area contributed by atoms with Crippen LogP contribution in [0.15, 0.2) is 23.1 Å². The van der Waals surface area contributed by atoms with Crippen LogP contribution < -0.4 is 0 Å².